The van der Waals surface area contributed by atoms with Crippen LogP contribution in [0.3, 0.4) is 0 Å². The Labute approximate surface area is 175 Å². The lowest BCUT2D eigenvalue weighted by atomic mass is 10.1. The number of ether oxygens (including phenoxy) is 1. The topological polar surface area (TPSA) is 136 Å². The number of fused-ring (bicyclic) bond motifs is 1. The van der Waals surface area contributed by atoms with Crippen molar-refractivity contribution in [3.05, 3.63) is 76.8 Å². The maximum Gasteiger partial charge on any atom is 0.341 e. The second-order valence-corrected chi connectivity index (χ2v) is 6.65. The van der Waals surface area contributed by atoms with Crippen LogP contribution in [0.15, 0.2) is 66.7 Å². The Morgan fingerprint density at radius 3 is 2.32 bits per heavy atom. The van der Waals surface area contributed by atoms with Crippen LogP contribution in [0.25, 0.3) is 33.4 Å². The van der Waals surface area contributed by atoms with E-state index in [0.717, 1.165) is 10.8 Å². The van der Waals surface area contributed by atoms with Crippen LogP contribution in [0.1, 0.15) is 0 Å². The van der Waals surface area contributed by atoms with E-state index in [0.29, 0.717) is 22.6 Å². The highest BCUT2D eigenvalue weighted by Crippen LogP contribution is 2.29. The minimum absolute atomic E-state index is 0.0573. The van der Waals surface area contributed by atoms with E-state index < -0.39 is 17.5 Å². The van der Waals surface area contributed by atoms with Crippen LogP contribution in [-0.4, -0.2) is 37.7 Å². The van der Waals surface area contributed by atoms with Crippen LogP contribution in [0.4, 0.5) is 5.69 Å². The number of carboxylic acid groups (broad SMARTS) is 1. The van der Waals surface area contributed by atoms with Crippen LogP contribution in [0, 0.1) is 10.1 Å². The first-order chi connectivity index (χ1) is 14.9. The maximum atomic E-state index is 10.9. The van der Waals surface area contributed by atoms with E-state index in [1.807, 2.05) is 12.1 Å². The van der Waals surface area contributed by atoms with Gasteiger partial charge in [0.05, 0.1) is 10.6 Å². The SMILES string of the molecule is O=C(O)COc1cc(-c2ccc([N+](=O)[O-])cc2)nc(-c2ccc3cc(O)ccc3c2)n1. The lowest BCUT2D eigenvalue weighted by Crippen LogP contribution is -2.11. The number of carbonyl (C=O) groups is 1. The van der Waals surface area contributed by atoms with Crippen molar-refractivity contribution in [2.45, 2.75) is 0 Å². The van der Waals surface area contributed by atoms with Gasteiger partial charge in [-0.2, -0.15) is 4.98 Å². The lowest BCUT2D eigenvalue weighted by Gasteiger charge is -2.10. The van der Waals surface area contributed by atoms with Gasteiger partial charge in [0.25, 0.3) is 5.69 Å². The van der Waals surface area contributed by atoms with Crippen LogP contribution in [0.5, 0.6) is 11.6 Å². The van der Waals surface area contributed by atoms with E-state index in [2.05, 4.69) is 9.97 Å². The molecule has 0 aliphatic rings. The summed E-state index contributed by atoms with van der Waals surface area (Å²) in [6.45, 7) is -0.576. The predicted molar refractivity (Wildman–Crippen MR) is 112 cm³/mol. The molecule has 0 atom stereocenters. The zero-order valence-corrected chi connectivity index (χ0v) is 15.9. The number of nitrogens with zero attached hydrogens (tertiary/aromatic N) is 3. The lowest BCUT2D eigenvalue weighted by molar-refractivity contribution is -0.384. The molecule has 0 amide bonds. The summed E-state index contributed by atoms with van der Waals surface area (Å²) in [4.78, 5) is 30.2. The number of carboxylic acids is 1. The average Bonchev–Trinajstić information content (AvgIpc) is 2.77. The Bertz CT molecular complexity index is 1300. The van der Waals surface area contributed by atoms with Gasteiger partial charge in [-0.1, -0.05) is 18.2 Å². The molecule has 3 aromatic carbocycles. The molecule has 0 radical (unpaired) electrons. The molecule has 1 aromatic heterocycles. The van der Waals surface area contributed by atoms with Gasteiger partial charge in [0.15, 0.2) is 12.4 Å². The summed E-state index contributed by atoms with van der Waals surface area (Å²) >= 11 is 0. The van der Waals surface area contributed by atoms with Gasteiger partial charge in [-0.05, 0) is 41.1 Å². The fraction of sp³-hybridized carbons (Fsp3) is 0.0455. The number of hydrogen-bond donors (Lipinski definition) is 2. The van der Waals surface area contributed by atoms with Crippen LogP contribution in [-0.2, 0) is 4.79 Å². The molecule has 0 aliphatic carbocycles. The highest BCUT2D eigenvalue weighted by molar-refractivity contribution is 5.87. The van der Waals surface area contributed by atoms with Gasteiger partial charge in [-0.3, -0.25) is 10.1 Å². The highest BCUT2D eigenvalue weighted by atomic mass is 16.6. The second-order valence-electron chi connectivity index (χ2n) is 6.65. The third-order valence-electron chi connectivity index (χ3n) is 4.50. The molecule has 0 bridgehead atoms. The minimum atomic E-state index is -1.15. The number of aromatic nitrogens is 2. The zero-order valence-electron chi connectivity index (χ0n) is 15.9. The molecule has 9 heteroatoms. The Hall–Kier alpha value is -4.53. The van der Waals surface area contributed by atoms with Gasteiger partial charge in [0, 0.05) is 29.3 Å². The van der Waals surface area contributed by atoms with Gasteiger partial charge < -0.3 is 14.9 Å². The number of phenolic OH excluding ortho intramolecular Hbond substituents is 1. The van der Waals surface area contributed by atoms with Gasteiger partial charge in [0.1, 0.15) is 5.75 Å². The summed E-state index contributed by atoms with van der Waals surface area (Å²) in [6.07, 6.45) is 0. The van der Waals surface area contributed by atoms with E-state index in [1.165, 1.54) is 18.2 Å². The summed E-state index contributed by atoms with van der Waals surface area (Å²) in [5, 5.41) is 31.2. The van der Waals surface area contributed by atoms with Crippen molar-refractivity contribution < 1.29 is 24.7 Å². The molecule has 0 aliphatic heterocycles. The fourth-order valence-electron chi connectivity index (χ4n) is 3.04. The number of rotatable bonds is 6. The van der Waals surface area contributed by atoms with Crippen molar-refractivity contribution in [1.29, 1.82) is 0 Å². The molecule has 9 nitrogen and oxygen atoms in total. The number of aromatic hydroxyl groups is 1. The van der Waals surface area contributed by atoms with Crippen molar-refractivity contribution in [1.82, 2.24) is 9.97 Å². The van der Waals surface area contributed by atoms with Crippen molar-refractivity contribution in [3.8, 4) is 34.3 Å². The van der Waals surface area contributed by atoms with Crippen molar-refractivity contribution in [2.24, 2.45) is 0 Å². The smallest absolute Gasteiger partial charge is 0.341 e. The normalized spacial score (nSPS) is 10.7. The largest absolute Gasteiger partial charge is 0.508 e. The van der Waals surface area contributed by atoms with Crippen molar-refractivity contribution >= 4 is 22.4 Å². The van der Waals surface area contributed by atoms with E-state index in [1.54, 1.807) is 36.4 Å². The fourth-order valence-corrected chi connectivity index (χ4v) is 3.04. The second kappa shape index (κ2) is 8.07. The molecule has 31 heavy (non-hydrogen) atoms. The van der Waals surface area contributed by atoms with Crippen LogP contribution < -0.4 is 4.74 Å². The number of benzene rings is 3. The molecule has 1 heterocycles. The Morgan fingerprint density at radius 1 is 0.935 bits per heavy atom. The Kier molecular flexibility index (Phi) is 5.15. The van der Waals surface area contributed by atoms with E-state index >= 15 is 0 Å². The number of aliphatic carboxylic acids is 1. The summed E-state index contributed by atoms with van der Waals surface area (Å²) in [5.74, 6) is -0.638. The minimum Gasteiger partial charge on any atom is -0.508 e. The van der Waals surface area contributed by atoms with Gasteiger partial charge in [-0.15, -0.1) is 0 Å². The van der Waals surface area contributed by atoms with Crippen molar-refractivity contribution in [3.63, 3.8) is 0 Å². The molecular weight excluding hydrogens is 402 g/mol. The third-order valence-corrected chi connectivity index (χ3v) is 4.50. The molecule has 0 fully saturated rings. The summed E-state index contributed by atoms with van der Waals surface area (Å²) in [5.41, 5.74) is 1.60. The Morgan fingerprint density at radius 2 is 1.61 bits per heavy atom. The molecule has 4 aromatic rings. The number of hydrogen-bond acceptors (Lipinski definition) is 7. The molecule has 0 unspecified atom stereocenters. The molecular formula is C22H15N3O6. The monoisotopic (exact) mass is 417 g/mol. The maximum absolute atomic E-state index is 10.9. The average molecular weight is 417 g/mol. The molecule has 2 N–H and O–H groups in total. The summed E-state index contributed by atoms with van der Waals surface area (Å²) in [6, 6.07) is 17.7. The zero-order chi connectivity index (χ0) is 22.0. The molecule has 154 valence electrons. The number of phenols is 1. The van der Waals surface area contributed by atoms with Gasteiger partial charge in [-0.25, -0.2) is 9.78 Å². The molecule has 0 saturated carbocycles. The number of nitro groups is 1. The van der Waals surface area contributed by atoms with Crippen LogP contribution >= 0.6 is 0 Å². The predicted octanol–water partition coefficient (Wildman–Crippen LogP) is 4.04. The van der Waals surface area contributed by atoms with Gasteiger partial charge >= 0.3 is 5.97 Å². The van der Waals surface area contributed by atoms with Crippen molar-refractivity contribution in [2.75, 3.05) is 6.61 Å². The molecule has 0 saturated heterocycles. The molecule has 0 spiro atoms. The summed E-state index contributed by atoms with van der Waals surface area (Å²) < 4.78 is 5.26. The number of non-ortho nitro benzene ring substituents is 1. The first-order valence-corrected chi connectivity index (χ1v) is 9.11. The highest BCUT2D eigenvalue weighted by Gasteiger charge is 2.13. The molecule has 4 rings (SSSR count). The van der Waals surface area contributed by atoms with Crippen LogP contribution in [0.2, 0.25) is 0 Å². The Balaban J connectivity index is 1.80. The summed E-state index contributed by atoms with van der Waals surface area (Å²) in [7, 11) is 0. The standard InChI is InChI=1S/C22H15N3O6/c26-18-8-5-14-9-16(2-1-15(14)10-18)22-23-19(11-20(24-22)31-12-21(27)28)13-3-6-17(7-4-13)25(29)30/h1-11,26H,12H2,(H,27,28). The van der Waals surface area contributed by atoms with Gasteiger partial charge in [0.2, 0.25) is 5.88 Å². The first kappa shape index (κ1) is 19.8. The number of nitro benzene ring substituents is 1. The van der Waals surface area contributed by atoms with E-state index in [-0.39, 0.29) is 17.3 Å². The van der Waals surface area contributed by atoms with E-state index in [4.69, 9.17) is 9.84 Å². The quantitative estimate of drug-likeness (QED) is 0.354. The first-order valence-electron chi connectivity index (χ1n) is 9.11. The van der Waals surface area contributed by atoms with E-state index in [9.17, 15) is 20.0 Å². The third kappa shape index (κ3) is 4.40.